The van der Waals surface area contributed by atoms with Crippen LogP contribution in [0.1, 0.15) is 31.3 Å². The number of benzene rings is 1. The molecule has 5 nitrogen and oxygen atoms in total. The predicted octanol–water partition coefficient (Wildman–Crippen LogP) is 3.19. The van der Waals surface area contributed by atoms with E-state index < -0.39 is 32.8 Å². The third-order valence-electron chi connectivity index (χ3n) is 3.28. The lowest BCUT2D eigenvalue weighted by molar-refractivity contribution is -0.0882. The maximum Gasteiger partial charge on any atom is 0.455 e. The minimum absolute atomic E-state index is 0.273. The summed E-state index contributed by atoms with van der Waals surface area (Å²) in [6.45, 7) is 0. The van der Waals surface area contributed by atoms with Crippen LogP contribution >= 0.6 is 11.3 Å². The molecule has 2 rings (SSSR count). The minimum Gasteiger partial charge on any atom is -0.283 e. The fourth-order valence-corrected chi connectivity index (χ4v) is 4.02. The zero-order chi connectivity index (χ0) is 19.4. The van der Waals surface area contributed by atoms with E-state index in [1.54, 1.807) is 4.72 Å². The molecule has 1 aromatic heterocycles. The van der Waals surface area contributed by atoms with Crippen LogP contribution in [-0.2, 0) is 16.4 Å². The molecule has 0 saturated heterocycles. The Kier molecular flexibility index (Phi) is 6.19. The molecule has 0 aliphatic carbocycles. The Morgan fingerprint density at radius 1 is 1.00 bits per heavy atom. The van der Waals surface area contributed by atoms with E-state index in [1.165, 1.54) is 0 Å². The van der Waals surface area contributed by atoms with Crippen LogP contribution < -0.4 is 4.72 Å². The molecule has 0 unspecified atom stereocenters. The molecule has 10 heteroatoms. The van der Waals surface area contributed by atoms with Gasteiger partial charge in [0.05, 0.1) is 15.5 Å². The van der Waals surface area contributed by atoms with Gasteiger partial charge in [0.15, 0.2) is 0 Å². The predicted molar refractivity (Wildman–Crippen MR) is 90.7 cm³/mol. The SMILES string of the molecule is O=C(NS(=O)(=O)CCCc1ccccc1)c1ccc(C(=O)C(F)(F)F)s1. The molecule has 1 amide bonds. The Bertz CT molecular complexity index is 890. The molecule has 0 spiro atoms. The van der Waals surface area contributed by atoms with Crippen LogP contribution in [0, 0.1) is 0 Å². The van der Waals surface area contributed by atoms with Crippen molar-refractivity contribution in [3.05, 3.63) is 57.8 Å². The maximum atomic E-state index is 12.4. The number of sulfonamides is 1. The van der Waals surface area contributed by atoms with Gasteiger partial charge in [-0.3, -0.25) is 9.59 Å². The lowest BCUT2D eigenvalue weighted by Gasteiger charge is -2.06. The highest BCUT2D eigenvalue weighted by atomic mass is 32.2. The molecule has 0 radical (unpaired) electrons. The summed E-state index contributed by atoms with van der Waals surface area (Å²) in [5, 5.41) is 0. The maximum absolute atomic E-state index is 12.4. The molecular formula is C16H14F3NO4S2. The number of carbonyl (C=O) groups excluding carboxylic acids is 2. The molecular weight excluding hydrogens is 391 g/mol. The van der Waals surface area contributed by atoms with Crippen molar-refractivity contribution in [1.82, 2.24) is 4.72 Å². The van der Waals surface area contributed by atoms with Crippen LogP contribution in [0.3, 0.4) is 0 Å². The first-order valence-electron chi connectivity index (χ1n) is 7.38. The van der Waals surface area contributed by atoms with Crippen LogP contribution in [0.15, 0.2) is 42.5 Å². The molecule has 140 valence electrons. The highest BCUT2D eigenvalue weighted by Gasteiger charge is 2.40. The molecule has 1 heterocycles. The second-order valence-corrected chi connectivity index (χ2v) is 8.26. The van der Waals surface area contributed by atoms with E-state index in [0.717, 1.165) is 17.7 Å². The van der Waals surface area contributed by atoms with Gasteiger partial charge in [0, 0.05) is 0 Å². The van der Waals surface area contributed by atoms with Gasteiger partial charge in [-0.25, -0.2) is 13.1 Å². The Morgan fingerprint density at radius 2 is 1.62 bits per heavy atom. The summed E-state index contributed by atoms with van der Waals surface area (Å²) in [5.74, 6) is -3.45. The van der Waals surface area contributed by atoms with Gasteiger partial charge < -0.3 is 0 Å². The molecule has 2 aromatic rings. The van der Waals surface area contributed by atoms with Crippen LogP contribution in [0.25, 0.3) is 0 Å². The number of halogens is 3. The average molecular weight is 405 g/mol. The van der Waals surface area contributed by atoms with E-state index in [4.69, 9.17) is 0 Å². The van der Waals surface area contributed by atoms with E-state index >= 15 is 0 Å². The topological polar surface area (TPSA) is 80.3 Å². The number of Topliss-reactive ketones (excluding diaryl/α,β-unsaturated/α-hetero) is 1. The fraction of sp³-hybridized carbons (Fsp3) is 0.250. The van der Waals surface area contributed by atoms with Crippen LogP contribution in [0.5, 0.6) is 0 Å². The number of aryl methyl sites for hydroxylation is 1. The Morgan fingerprint density at radius 3 is 2.23 bits per heavy atom. The quantitative estimate of drug-likeness (QED) is 0.718. The first-order chi connectivity index (χ1) is 12.1. The van der Waals surface area contributed by atoms with Crippen molar-refractivity contribution in [3.63, 3.8) is 0 Å². The normalized spacial score (nSPS) is 12.0. The third-order valence-corrected chi connectivity index (χ3v) is 5.69. The van der Waals surface area contributed by atoms with Gasteiger partial charge in [0.1, 0.15) is 0 Å². The first kappa shape index (κ1) is 20.1. The Balaban J connectivity index is 1.94. The first-order valence-corrected chi connectivity index (χ1v) is 9.85. The van der Waals surface area contributed by atoms with Gasteiger partial charge in [-0.1, -0.05) is 30.3 Å². The van der Waals surface area contributed by atoms with Crippen LogP contribution in [0.4, 0.5) is 13.2 Å². The van der Waals surface area contributed by atoms with Gasteiger partial charge in [-0.2, -0.15) is 13.2 Å². The highest BCUT2D eigenvalue weighted by Crippen LogP contribution is 2.26. The van der Waals surface area contributed by atoms with E-state index in [0.29, 0.717) is 17.8 Å². The summed E-state index contributed by atoms with van der Waals surface area (Å²) in [6, 6.07) is 11.0. The van der Waals surface area contributed by atoms with Gasteiger partial charge >= 0.3 is 6.18 Å². The Hall–Kier alpha value is -2.20. The number of rotatable bonds is 7. The van der Waals surface area contributed by atoms with Crippen molar-refractivity contribution in [3.8, 4) is 0 Å². The van der Waals surface area contributed by atoms with Gasteiger partial charge in [0.25, 0.3) is 11.7 Å². The molecule has 1 N–H and O–H groups in total. The average Bonchev–Trinajstić information content (AvgIpc) is 3.03. The second-order valence-electron chi connectivity index (χ2n) is 5.33. The van der Waals surface area contributed by atoms with Crippen molar-refractivity contribution in [2.24, 2.45) is 0 Å². The number of alkyl halides is 3. The zero-order valence-electron chi connectivity index (χ0n) is 13.2. The van der Waals surface area contributed by atoms with Crippen molar-refractivity contribution in [2.75, 3.05) is 5.75 Å². The number of amides is 1. The Labute approximate surface area is 151 Å². The lowest BCUT2D eigenvalue weighted by Crippen LogP contribution is -2.32. The summed E-state index contributed by atoms with van der Waals surface area (Å²) < 4.78 is 62.7. The number of thiophene rings is 1. The van der Waals surface area contributed by atoms with Crippen molar-refractivity contribution in [1.29, 1.82) is 0 Å². The lowest BCUT2D eigenvalue weighted by atomic mass is 10.1. The molecule has 0 aliphatic rings. The van der Waals surface area contributed by atoms with Crippen molar-refractivity contribution < 1.29 is 31.2 Å². The molecule has 1 aromatic carbocycles. The van der Waals surface area contributed by atoms with Gasteiger partial charge in [-0.15, -0.1) is 11.3 Å². The van der Waals surface area contributed by atoms with Crippen LogP contribution in [0.2, 0.25) is 0 Å². The van der Waals surface area contributed by atoms with Gasteiger partial charge in [-0.05, 0) is 30.5 Å². The smallest absolute Gasteiger partial charge is 0.283 e. The summed E-state index contributed by atoms with van der Waals surface area (Å²) in [4.78, 5) is 22.0. The fourth-order valence-electron chi connectivity index (χ4n) is 2.08. The molecule has 0 atom stereocenters. The zero-order valence-corrected chi connectivity index (χ0v) is 14.9. The third kappa shape index (κ3) is 5.67. The molecule has 0 saturated carbocycles. The molecule has 0 aliphatic heterocycles. The molecule has 26 heavy (non-hydrogen) atoms. The standard InChI is InChI=1S/C16H14F3NO4S2/c17-16(18,19)14(21)12-8-9-13(25-12)15(22)20-26(23,24)10-4-7-11-5-2-1-3-6-11/h1-3,5-6,8-9H,4,7,10H2,(H,20,22). The minimum atomic E-state index is -5.05. The van der Waals surface area contributed by atoms with E-state index in [1.807, 2.05) is 30.3 Å². The molecule has 0 bridgehead atoms. The summed E-state index contributed by atoms with van der Waals surface area (Å²) in [7, 11) is -3.94. The van der Waals surface area contributed by atoms with E-state index in [9.17, 15) is 31.2 Å². The monoisotopic (exact) mass is 405 g/mol. The van der Waals surface area contributed by atoms with E-state index in [-0.39, 0.29) is 17.1 Å². The summed E-state index contributed by atoms with van der Waals surface area (Å²) in [5.41, 5.74) is 0.947. The second kappa shape index (κ2) is 8.00. The summed E-state index contributed by atoms with van der Waals surface area (Å²) in [6.07, 6.45) is -4.28. The van der Waals surface area contributed by atoms with E-state index in [2.05, 4.69) is 0 Å². The summed E-state index contributed by atoms with van der Waals surface area (Å²) >= 11 is 0.291. The number of nitrogens with one attached hydrogen (secondary N) is 1. The number of hydrogen-bond acceptors (Lipinski definition) is 5. The van der Waals surface area contributed by atoms with Crippen LogP contribution in [-0.4, -0.2) is 32.0 Å². The molecule has 0 fully saturated rings. The number of ketones is 1. The van der Waals surface area contributed by atoms with Crippen molar-refractivity contribution in [2.45, 2.75) is 19.0 Å². The largest absolute Gasteiger partial charge is 0.455 e. The number of carbonyl (C=O) groups is 2. The highest BCUT2D eigenvalue weighted by molar-refractivity contribution is 7.90. The number of hydrogen-bond donors (Lipinski definition) is 1. The van der Waals surface area contributed by atoms with Crippen molar-refractivity contribution >= 4 is 33.1 Å². The van der Waals surface area contributed by atoms with Gasteiger partial charge in [0.2, 0.25) is 10.0 Å².